The van der Waals surface area contributed by atoms with E-state index in [0.29, 0.717) is 5.82 Å². The van der Waals surface area contributed by atoms with Gasteiger partial charge in [-0.1, -0.05) is 31.2 Å². The van der Waals surface area contributed by atoms with Gasteiger partial charge in [-0.25, -0.2) is 9.97 Å². The van der Waals surface area contributed by atoms with E-state index in [1.54, 1.807) is 6.92 Å². The third kappa shape index (κ3) is 3.03. The highest BCUT2D eigenvalue weighted by Gasteiger charge is 2.17. The minimum absolute atomic E-state index is 0.556. The third-order valence-corrected chi connectivity index (χ3v) is 4.65. The summed E-state index contributed by atoms with van der Waals surface area (Å²) in [6, 6.07) is 7.66. The van der Waals surface area contributed by atoms with Gasteiger partial charge >= 0.3 is 5.97 Å². The van der Waals surface area contributed by atoms with Crippen LogP contribution in [-0.2, 0) is 11.2 Å². The number of aliphatic carboxylic acids is 1. The Hall–Kier alpha value is -2.47. The Kier molecular flexibility index (Phi) is 4.25. The van der Waals surface area contributed by atoms with Crippen molar-refractivity contribution in [1.82, 2.24) is 9.97 Å². The number of carboxylic acids is 1. The molecule has 3 aromatic rings. The smallest absolute Gasteiger partial charge is 0.325 e. The number of nitrogens with one attached hydrogen (secondary N) is 1. The number of aryl methyl sites for hydroxylation is 1. The maximum absolute atomic E-state index is 11.1. The molecule has 0 aliphatic carbocycles. The molecule has 0 aliphatic heterocycles. The van der Waals surface area contributed by atoms with E-state index in [0.717, 1.165) is 27.8 Å². The van der Waals surface area contributed by atoms with Crippen LogP contribution in [0, 0.1) is 0 Å². The molecule has 1 aromatic carbocycles. The molecule has 3 rings (SSSR count). The molecule has 0 spiro atoms. The van der Waals surface area contributed by atoms with Crippen LogP contribution in [0.25, 0.3) is 21.3 Å². The van der Waals surface area contributed by atoms with Gasteiger partial charge < -0.3 is 10.4 Å². The van der Waals surface area contributed by atoms with Crippen molar-refractivity contribution in [2.75, 3.05) is 5.32 Å². The third-order valence-electron chi connectivity index (χ3n) is 3.77. The van der Waals surface area contributed by atoms with Crippen LogP contribution in [0.5, 0.6) is 0 Å². The number of anilines is 1. The molecule has 0 radical (unpaired) electrons. The molecule has 0 fully saturated rings. The van der Waals surface area contributed by atoms with Gasteiger partial charge in [0.05, 0.1) is 5.39 Å². The molecule has 2 aromatic heterocycles. The van der Waals surface area contributed by atoms with Gasteiger partial charge in [0.2, 0.25) is 0 Å². The van der Waals surface area contributed by atoms with Gasteiger partial charge in [0.25, 0.3) is 0 Å². The molecular weight excluding hydrogens is 310 g/mol. The fourth-order valence-corrected chi connectivity index (χ4v) is 3.30. The summed E-state index contributed by atoms with van der Waals surface area (Å²) in [6.07, 6.45) is 2.45. The number of nitrogens with zero attached hydrogens (tertiary/aromatic N) is 2. The zero-order valence-electron chi connectivity index (χ0n) is 12.9. The summed E-state index contributed by atoms with van der Waals surface area (Å²) in [6.45, 7) is 3.72. The molecule has 0 amide bonds. The Balaban J connectivity index is 2.08. The molecule has 0 bridgehead atoms. The maximum atomic E-state index is 11.1. The largest absolute Gasteiger partial charge is 0.480 e. The SMILES string of the molecule is CCc1ccc(-c2csc3ncnc(NC(C)C(=O)O)c23)cc1. The fourth-order valence-electron chi connectivity index (χ4n) is 2.38. The summed E-state index contributed by atoms with van der Waals surface area (Å²) in [5.74, 6) is -0.360. The van der Waals surface area contributed by atoms with Crippen LogP contribution in [0.3, 0.4) is 0 Å². The van der Waals surface area contributed by atoms with E-state index in [1.807, 2.05) is 5.38 Å². The lowest BCUT2D eigenvalue weighted by molar-refractivity contribution is -0.137. The number of carbonyl (C=O) groups is 1. The Morgan fingerprint density at radius 1 is 1.30 bits per heavy atom. The van der Waals surface area contributed by atoms with Crippen LogP contribution in [0.15, 0.2) is 36.0 Å². The van der Waals surface area contributed by atoms with E-state index < -0.39 is 12.0 Å². The number of aromatic nitrogens is 2. The van der Waals surface area contributed by atoms with Crippen molar-refractivity contribution in [3.63, 3.8) is 0 Å². The summed E-state index contributed by atoms with van der Waals surface area (Å²) in [5.41, 5.74) is 3.38. The van der Waals surface area contributed by atoms with Crippen molar-refractivity contribution in [1.29, 1.82) is 0 Å². The van der Waals surface area contributed by atoms with Crippen molar-refractivity contribution in [3.8, 4) is 11.1 Å². The van der Waals surface area contributed by atoms with Crippen LogP contribution in [0.1, 0.15) is 19.4 Å². The van der Waals surface area contributed by atoms with Crippen LogP contribution >= 0.6 is 11.3 Å². The molecule has 23 heavy (non-hydrogen) atoms. The summed E-state index contributed by atoms with van der Waals surface area (Å²) >= 11 is 1.53. The van der Waals surface area contributed by atoms with Crippen molar-refractivity contribution >= 4 is 33.3 Å². The molecule has 1 atom stereocenters. The fraction of sp³-hybridized carbons (Fsp3) is 0.235. The summed E-state index contributed by atoms with van der Waals surface area (Å²) in [7, 11) is 0. The van der Waals surface area contributed by atoms with E-state index in [1.165, 1.54) is 23.2 Å². The number of carboxylic acid groups (broad SMARTS) is 1. The number of rotatable bonds is 5. The van der Waals surface area contributed by atoms with E-state index >= 15 is 0 Å². The second-order valence-corrected chi connectivity index (χ2v) is 6.16. The molecule has 2 N–H and O–H groups in total. The Bertz CT molecular complexity index is 843. The lowest BCUT2D eigenvalue weighted by Gasteiger charge is -2.11. The van der Waals surface area contributed by atoms with Gasteiger partial charge in [-0.3, -0.25) is 4.79 Å². The molecular formula is C17H17N3O2S. The second-order valence-electron chi connectivity index (χ2n) is 5.31. The normalized spacial score (nSPS) is 12.3. The van der Waals surface area contributed by atoms with Crippen LogP contribution in [-0.4, -0.2) is 27.1 Å². The second kappa shape index (κ2) is 6.34. The highest BCUT2D eigenvalue weighted by Crippen LogP contribution is 2.36. The van der Waals surface area contributed by atoms with Crippen molar-refractivity contribution in [2.24, 2.45) is 0 Å². The number of fused-ring (bicyclic) bond motifs is 1. The molecule has 0 aliphatic rings. The van der Waals surface area contributed by atoms with Crippen LogP contribution in [0.4, 0.5) is 5.82 Å². The lowest BCUT2D eigenvalue weighted by Crippen LogP contribution is -2.26. The lowest BCUT2D eigenvalue weighted by atomic mass is 10.0. The summed E-state index contributed by atoms with van der Waals surface area (Å²) in [4.78, 5) is 20.5. The molecule has 118 valence electrons. The maximum Gasteiger partial charge on any atom is 0.325 e. The Morgan fingerprint density at radius 2 is 2.04 bits per heavy atom. The molecule has 0 saturated heterocycles. The van der Waals surface area contributed by atoms with E-state index in [2.05, 4.69) is 46.5 Å². The van der Waals surface area contributed by atoms with Crippen LogP contribution < -0.4 is 5.32 Å². The standard InChI is InChI=1S/C17H17N3O2S/c1-3-11-4-6-12(7-5-11)13-8-23-16-14(13)15(18-9-19-16)20-10(2)17(21)22/h4-10H,3H2,1-2H3,(H,21,22)(H,18,19,20). The predicted octanol–water partition coefficient (Wildman–Crippen LogP) is 3.81. The Labute approximate surface area is 138 Å². The van der Waals surface area contributed by atoms with Crippen LogP contribution in [0.2, 0.25) is 0 Å². The first-order chi connectivity index (χ1) is 11.1. The highest BCUT2D eigenvalue weighted by molar-refractivity contribution is 7.17. The minimum atomic E-state index is -0.916. The molecule has 2 heterocycles. The zero-order valence-corrected chi connectivity index (χ0v) is 13.7. The van der Waals surface area contributed by atoms with Gasteiger partial charge in [-0.2, -0.15) is 0 Å². The number of benzene rings is 1. The minimum Gasteiger partial charge on any atom is -0.480 e. The number of hydrogen-bond donors (Lipinski definition) is 2. The zero-order chi connectivity index (χ0) is 16.4. The average molecular weight is 327 g/mol. The predicted molar refractivity (Wildman–Crippen MR) is 92.9 cm³/mol. The average Bonchev–Trinajstić information content (AvgIpc) is 3.00. The first kappa shape index (κ1) is 15.4. The monoisotopic (exact) mass is 327 g/mol. The van der Waals surface area contributed by atoms with Crippen molar-refractivity contribution in [2.45, 2.75) is 26.3 Å². The van der Waals surface area contributed by atoms with E-state index in [9.17, 15) is 4.79 Å². The van der Waals surface area contributed by atoms with E-state index in [-0.39, 0.29) is 0 Å². The van der Waals surface area contributed by atoms with Gasteiger partial charge in [0, 0.05) is 10.9 Å². The topological polar surface area (TPSA) is 75.1 Å². The molecule has 5 nitrogen and oxygen atoms in total. The summed E-state index contributed by atoms with van der Waals surface area (Å²) < 4.78 is 0. The van der Waals surface area contributed by atoms with Gasteiger partial charge in [-0.05, 0) is 24.5 Å². The number of hydrogen-bond acceptors (Lipinski definition) is 5. The first-order valence-corrected chi connectivity index (χ1v) is 8.29. The molecule has 6 heteroatoms. The first-order valence-electron chi connectivity index (χ1n) is 7.41. The molecule has 1 unspecified atom stereocenters. The van der Waals surface area contributed by atoms with Gasteiger partial charge in [0.15, 0.2) is 0 Å². The quantitative estimate of drug-likeness (QED) is 0.745. The molecule has 0 saturated carbocycles. The Morgan fingerprint density at radius 3 is 2.70 bits per heavy atom. The van der Waals surface area contributed by atoms with Gasteiger partial charge in [-0.15, -0.1) is 11.3 Å². The van der Waals surface area contributed by atoms with E-state index in [4.69, 9.17) is 5.11 Å². The van der Waals surface area contributed by atoms with Crippen molar-refractivity contribution < 1.29 is 9.90 Å². The van der Waals surface area contributed by atoms with Gasteiger partial charge in [0.1, 0.15) is 23.0 Å². The number of thiophene rings is 1. The van der Waals surface area contributed by atoms with Crippen molar-refractivity contribution in [3.05, 3.63) is 41.5 Å². The summed E-state index contributed by atoms with van der Waals surface area (Å²) in [5, 5.41) is 15.0. The highest BCUT2D eigenvalue weighted by atomic mass is 32.1.